The predicted molar refractivity (Wildman–Crippen MR) is 85.8 cm³/mol. The molecule has 102 valence electrons. The van der Waals surface area contributed by atoms with E-state index < -0.39 is 0 Å². The van der Waals surface area contributed by atoms with E-state index in [0.29, 0.717) is 0 Å². The Morgan fingerprint density at radius 2 is 1.90 bits per heavy atom. The fraction of sp³-hybridized carbons (Fsp3) is 0.250. The van der Waals surface area contributed by atoms with Crippen LogP contribution < -0.4 is 4.90 Å². The monoisotopic (exact) mass is 283 g/mol. The zero-order chi connectivity index (χ0) is 13.8. The van der Waals surface area contributed by atoms with Crippen molar-refractivity contribution in [1.29, 1.82) is 0 Å². The second-order valence-corrected chi connectivity index (χ2v) is 5.61. The van der Waals surface area contributed by atoms with Gasteiger partial charge in [-0.15, -0.1) is 11.3 Å². The Balaban J connectivity index is 2.05. The van der Waals surface area contributed by atoms with Gasteiger partial charge in [0.15, 0.2) is 0 Å². The Morgan fingerprint density at radius 1 is 1.10 bits per heavy atom. The first-order chi connectivity index (χ1) is 9.90. The lowest BCUT2D eigenvalue weighted by Crippen LogP contribution is -2.17. The molecule has 0 atom stereocenters. The van der Waals surface area contributed by atoms with Crippen LogP contribution in [0.1, 0.15) is 19.8 Å². The molecule has 0 bridgehead atoms. The molecule has 0 saturated carbocycles. The van der Waals surface area contributed by atoms with Crippen molar-refractivity contribution in [1.82, 2.24) is 9.97 Å². The first kappa shape index (κ1) is 13.1. The number of unbranched alkanes of at least 4 members (excludes halogenated alkanes) is 1. The molecule has 3 aromatic heterocycles. The van der Waals surface area contributed by atoms with Crippen LogP contribution in [0.4, 0.5) is 11.4 Å². The SMILES string of the molecule is CCCCN(c1ccncc1)c1csc2ccncc12. The van der Waals surface area contributed by atoms with Gasteiger partial charge in [-0.25, -0.2) is 0 Å². The van der Waals surface area contributed by atoms with E-state index in [4.69, 9.17) is 0 Å². The first-order valence-corrected chi connectivity index (χ1v) is 7.77. The van der Waals surface area contributed by atoms with Crippen molar-refractivity contribution in [2.45, 2.75) is 19.8 Å². The van der Waals surface area contributed by atoms with Crippen molar-refractivity contribution in [2.75, 3.05) is 11.4 Å². The van der Waals surface area contributed by atoms with Crippen molar-refractivity contribution < 1.29 is 0 Å². The van der Waals surface area contributed by atoms with Gasteiger partial charge in [0.05, 0.1) is 5.69 Å². The number of anilines is 2. The van der Waals surface area contributed by atoms with E-state index in [1.165, 1.54) is 34.3 Å². The molecule has 0 aliphatic rings. The lowest BCUT2D eigenvalue weighted by Gasteiger charge is -2.24. The Morgan fingerprint density at radius 3 is 2.70 bits per heavy atom. The Hall–Kier alpha value is -1.94. The van der Waals surface area contributed by atoms with Gasteiger partial charge in [-0.2, -0.15) is 0 Å². The van der Waals surface area contributed by atoms with Crippen molar-refractivity contribution in [3.05, 3.63) is 48.4 Å². The minimum absolute atomic E-state index is 1.02. The Labute approximate surface area is 122 Å². The topological polar surface area (TPSA) is 29.0 Å². The van der Waals surface area contributed by atoms with E-state index >= 15 is 0 Å². The molecule has 0 aliphatic carbocycles. The van der Waals surface area contributed by atoms with Crippen LogP contribution in [0.5, 0.6) is 0 Å². The van der Waals surface area contributed by atoms with Crippen LogP contribution in [0.2, 0.25) is 0 Å². The zero-order valence-electron chi connectivity index (χ0n) is 11.5. The lowest BCUT2D eigenvalue weighted by atomic mass is 10.2. The third-order valence-corrected chi connectivity index (χ3v) is 4.31. The Kier molecular flexibility index (Phi) is 3.92. The summed E-state index contributed by atoms with van der Waals surface area (Å²) in [6.45, 7) is 3.24. The fourth-order valence-electron chi connectivity index (χ4n) is 2.30. The molecule has 0 aromatic carbocycles. The summed E-state index contributed by atoms with van der Waals surface area (Å²) in [5.74, 6) is 0. The van der Waals surface area contributed by atoms with Gasteiger partial charge in [0.2, 0.25) is 0 Å². The summed E-state index contributed by atoms with van der Waals surface area (Å²) >= 11 is 1.77. The van der Waals surface area contributed by atoms with Crippen LogP contribution in [0, 0.1) is 0 Å². The normalized spacial score (nSPS) is 10.8. The molecule has 3 aromatic rings. The molecule has 0 unspecified atom stereocenters. The highest BCUT2D eigenvalue weighted by Gasteiger charge is 2.13. The minimum Gasteiger partial charge on any atom is -0.340 e. The maximum Gasteiger partial charge on any atom is 0.0615 e. The number of pyridine rings is 2. The lowest BCUT2D eigenvalue weighted by molar-refractivity contribution is 0.787. The summed E-state index contributed by atoms with van der Waals surface area (Å²) in [6, 6.07) is 6.21. The van der Waals surface area contributed by atoms with Gasteiger partial charge in [0.25, 0.3) is 0 Å². The number of hydrogen-bond acceptors (Lipinski definition) is 4. The fourth-order valence-corrected chi connectivity index (χ4v) is 3.21. The number of aromatic nitrogens is 2. The average molecular weight is 283 g/mol. The van der Waals surface area contributed by atoms with Gasteiger partial charge >= 0.3 is 0 Å². The van der Waals surface area contributed by atoms with E-state index in [0.717, 1.165) is 6.54 Å². The number of nitrogens with zero attached hydrogens (tertiary/aromatic N) is 3. The maximum atomic E-state index is 4.27. The van der Waals surface area contributed by atoms with E-state index in [1.807, 2.05) is 24.8 Å². The molecule has 0 aliphatic heterocycles. The van der Waals surface area contributed by atoms with E-state index in [2.05, 4.69) is 45.4 Å². The van der Waals surface area contributed by atoms with Crippen LogP contribution in [0.3, 0.4) is 0 Å². The maximum absolute atomic E-state index is 4.27. The van der Waals surface area contributed by atoms with Crippen LogP contribution in [-0.4, -0.2) is 16.5 Å². The highest BCUT2D eigenvalue weighted by atomic mass is 32.1. The summed E-state index contributed by atoms with van der Waals surface area (Å²) in [6.07, 6.45) is 9.86. The van der Waals surface area contributed by atoms with Gasteiger partial charge in [-0.3, -0.25) is 9.97 Å². The van der Waals surface area contributed by atoms with E-state index in [9.17, 15) is 0 Å². The molecule has 3 heterocycles. The third kappa shape index (κ3) is 2.51. The van der Waals surface area contributed by atoms with E-state index in [1.54, 1.807) is 11.3 Å². The van der Waals surface area contributed by atoms with Crippen molar-refractivity contribution in [3.63, 3.8) is 0 Å². The highest BCUT2D eigenvalue weighted by molar-refractivity contribution is 7.17. The number of rotatable bonds is 5. The van der Waals surface area contributed by atoms with Gasteiger partial charge in [-0.05, 0) is 24.6 Å². The number of thiophene rings is 1. The number of hydrogen-bond donors (Lipinski definition) is 0. The first-order valence-electron chi connectivity index (χ1n) is 6.89. The van der Waals surface area contributed by atoms with Crippen LogP contribution >= 0.6 is 11.3 Å². The summed E-state index contributed by atoms with van der Waals surface area (Å²) in [5, 5.41) is 3.45. The molecule has 0 N–H and O–H groups in total. The molecular formula is C16H17N3S. The second-order valence-electron chi connectivity index (χ2n) is 4.70. The average Bonchev–Trinajstić information content (AvgIpc) is 2.93. The number of fused-ring (bicyclic) bond motifs is 1. The molecule has 0 saturated heterocycles. The van der Waals surface area contributed by atoms with Gasteiger partial charge in [0, 0.05) is 52.5 Å². The van der Waals surface area contributed by atoms with Crippen LogP contribution in [0.15, 0.2) is 48.4 Å². The molecular weight excluding hydrogens is 266 g/mol. The summed E-state index contributed by atoms with van der Waals surface area (Å²) in [5.41, 5.74) is 2.44. The van der Waals surface area contributed by atoms with Crippen molar-refractivity contribution >= 4 is 32.8 Å². The molecule has 0 radical (unpaired) electrons. The van der Waals surface area contributed by atoms with Gasteiger partial charge in [-0.1, -0.05) is 13.3 Å². The molecule has 0 amide bonds. The van der Waals surface area contributed by atoms with Crippen molar-refractivity contribution in [3.8, 4) is 0 Å². The summed E-state index contributed by atoms with van der Waals surface area (Å²) in [4.78, 5) is 10.8. The largest absolute Gasteiger partial charge is 0.340 e. The Bertz CT molecular complexity index is 678. The summed E-state index contributed by atoms with van der Waals surface area (Å²) < 4.78 is 1.28. The quantitative estimate of drug-likeness (QED) is 0.683. The molecule has 0 fully saturated rings. The molecule has 20 heavy (non-hydrogen) atoms. The van der Waals surface area contributed by atoms with Gasteiger partial charge < -0.3 is 4.90 Å². The van der Waals surface area contributed by atoms with Crippen LogP contribution in [-0.2, 0) is 0 Å². The van der Waals surface area contributed by atoms with Crippen LogP contribution in [0.25, 0.3) is 10.1 Å². The third-order valence-electron chi connectivity index (χ3n) is 3.36. The second kappa shape index (κ2) is 6.01. The molecule has 3 nitrogen and oxygen atoms in total. The van der Waals surface area contributed by atoms with Gasteiger partial charge in [0.1, 0.15) is 0 Å². The van der Waals surface area contributed by atoms with Crippen molar-refractivity contribution in [2.24, 2.45) is 0 Å². The smallest absolute Gasteiger partial charge is 0.0615 e. The summed E-state index contributed by atoms with van der Waals surface area (Å²) in [7, 11) is 0. The van der Waals surface area contributed by atoms with E-state index in [-0.39, 0.29) is 0 Å². The molecule has 0 spiro atoms. The highest BCUT2D eigenvalue weighted by Crippen LogP contribution is 2.36. The zero-order valence-corrected chi connectivity index (χ0v) is 12.3. The standard InChI is InChI=1S/C16H17N3S/c1-2-3-10-19(13-4-7-17-8-5-13)15-12-20-16-6-9-18-11-14(15)16/h4-9,11-12H,2-3,10H2,1H3. The predicted octanol–water partition coefficient (Wildman–Crippen LogP) is 4.63. The molecule has 4 heteroatoms. The minimum atomic E-state index is 1.02. The molecule has 3 rings (SSSR count).